The van der Waals surface area contributed by atoms with Crippen molar-refractivity contribution in [2.75, 3.05) is 27.3 Å². The number of hydrogen-bond acceptors (Lipinski definition) is 3. The predicted octanol–water partition coefficient (Wildman–Crippen LogP) is 3.14. The van der Waals surface area contributed by atoms with Crippen molar-refractivity contribution in [3.63, 3.8) is 0 Å². The van der Waals surface area contributed by atoms with E-state index in [0.717, 1.165) is 18.5 Å². The van der Waals surface area contributed by atoms with E-state index in [1.54, 1.807) is 26.4 Å². The summed E-state index contributed by atoms with van der Waals surface area (Å²) >= 11 is 0. The van der Waals surface area contributed by atoms with Crippen molar-refractivity contribution in [2.45, 2.75) is 19.9 Å². The molecule has 0 saturated heterocycles. The molecule has 6 heteroatoms. The van der Waals surface area contributed by atoms with Crippen LogP contribution in [0.1, 0.15) is 18.1 Å². The fourth-order valence-electron chi connectivity index (χ4n) is 2.49. The van der Waals surface area contributed by atoms with Gasteiger partial charge in [0.25, 0.3) is 0 Å². The third-order valence-corrected chi connectivity index (χ3v) is 3.86. The van der Waals surface area contributed by atoms with E-state index in [1.807, 2.05) is 31.2 Å². The standard InChI is InChI=1S/C20H26FN3O2/c1-4-22-20(24-14-16-7-5-6-8-17(16)21)23-12-11-15-9-10-18(25-2)19(13-15)26-3/h5-10,13H,4,11-12,14H2,1-3H3,(H2,22,23,24). The van der Waals surface area contributed by atoms with Gasteiger partial charge in [0.05, 0.1) is 20.8 Å². The summed E-state index contributed by atoms with van der Waals surface area (Å²) in [5.41, 5.74) is 1.70. The Hall–Kier alpha value is -2.76. The number of methoxy groups -OCH3 is 2. The molecule has 5 nitrogen and oxygen atoms in total. The Balaban J connectivity index is 1.94. The monoisotopic (exact) mass is 359 g/mol. The first-order valence-corrected chi connectivity index (χ1v) is 8.64. The van der Waals surface area contributed by atoms with Crippen molar-refractivity contribution in [1.29, 1.82) is 0 Å². The van der Waals surface area contributed by atoms with Gasteiger partial charge < -0.3 is 20.1 Å². The van der Waals surface area contributed by atoms with Crippen LogP contribution in [0, 0.1) is 5.82 Å². The van der Waals surface area contributed by atoms with Crippen molar-refractivity contribution in [3.05, 3.63) is 59.4 Å². The minimum absolute atomic E-state index is 0.238. The van der Waals surface area contributed by atoms with Crippen molar-refractivity contribution in [2.24, 2.45) is 4.99 Å². The Bertz CT molecular complexity index is 735. The zero-order valence-corrected chi connectivity index (χ0v) is 15.5. The third-order valence-electron chi connectivity index (χ3n) is 3.86. The smallest absolute Gasteiger partial charge is 0.191 e. The largest absolute Gasteiger partial charge is 0.493 e. The number of hydrogen-bond donors (Lipinski definition) is 2. The second kappa shape index (κ2) is 10.3. The van der Waals surface area contributed by atoms with E-state index in [0.29, 0.717) is 36.1 Å². The third kappa shape index (κ3) is 5.65. The molecule has 2 aromatic carbocycles. The molecule has 140 valence electrons. The highest BCUT2D eigenvalue weighted by Crippen LogP contribution is 2.27. The summed E-state index contributed by atoms with van der Waals surface area (Å²) in [6, 6.07) is 12.5. The molecular formula is C20H26FN3O2. The molecule has 0 bridgehead atoms. The van der Waals surface area contributed by atoms with Gasteiger partial charge in [0, 0.05) is 18.7 Å². The van der Waals surface area contributed by atoms with Crippen LogP contribution in [0.4, 0.5) is 4.39 Å². The second-order valence-corrected chi connectivity index (χ2v) is 5.65. The summed E-state index contributed by atoms with van der Waals surface area (Å²) in [4.78, 5) is 4.45. The van der Waals surface area contributed by atoms with Crippen LogP contribution in [-0.2, 0) is 13.0 Å². The number of rotatable bonds is 8. The fraction of sp³-hybridized carbons (Fsp3) is 0.350. The lowest BCUT2D eigenvalue weighted by atomic mass is 10.1. The van der Waals surface area contributed by atoms with Crippen molar-refractivity contribution in [1.82, 2.24) is 10.6 Å². The van der Waals surface area contributed by atoms with E-state index in [2.05, 4.69) is 15.6 Å². The lowest BCUT2D eigenvalue weighted by Crippen LogP contribution is -2.38. The molecule has 0 atom stereocenters. The van der Waals surface area contributed by atoms with E-state index >= 15 is 0 Å². The quantitative estimate of drug-likeness (QED) is 0.562. The van der Waals surface area contributed by atoms with Crippen LogP contribution in [-0.4, -0.2) is 33.3 Å². The predicted molar refractivity (Wildman–Crippen MR) is 102 cm³/mol. The Morgan fingerprint density at radius 3 is 2.50 bits per heavy atom. The molecule has 0 amide bonds. The first-order valence-electron chi connectivity index (χ1n) is 8.64. The van der Waals surface area contributed by atoms with Crippen LogP contribution in [0.15, 0.2) is 47.5 Å². The van der Waals surface area contributed by atoms with E-state index in [-0.39, 0.29) is 5.82 Å². The Morgan fingerprint density at radius 1 is 1.04 bits per heavy atom. The lowest BCUT2D eigenvalue weighted by molar-refractivity contribution is 0.354. The van der Waals surface area contributed by atoms with Gasteiger partial charge in [0.1, 0.15) is 5.82 Å². The van der Waals surface area contributed by atoms with Gasteiger partial charge in [-0.05, 0) is 37.1 Å². The van der Waals surface area contributed by atoms with Crippen LogP contribution in [0.5, 0.6) is 11.5 Å². The first kappa shape index (κ1) is 19.6. The first-order chi connectivity index (χ1) is 12.7. The van der Waals surface area contributed by atoms with Gasteiger partial charge in [-0.25, -0.2) is 9.38 Å². The molecule has 0 unspecified atom stereocenters. The number of ether oxygens (including phenoxy) is 2. The normalized spacial score (nSPS) is 11.2. The molecule has 2 rings (SSSR count). The van der Waals surface area contributed by atoms with Crippen molar-refractivity contribution < 1.29 is 13.9 Å². The molecule has 0 spiro atoms. The zero-order chi connectivity index (χ0) is 18.8. The second-order valence-electron chi connectivity index (χ2n) is 5.65. The number of guanidine groups is 1. The van der Waals surface area contributed by atoms with Crippen LogP contribution in [0.2, 0.25) is 0 Å². The summed E-state index contributed by atoms with van der Waals surface area (Å²) in [5.74, 6) is 1.85. The van der Waals surface area contributed by atoms with Gasteiger partial charge in [-0.3, -0.25) is 0 Å². The molecule has 0 fully saturated rings. The molecule has 0 aliphatic rings. The maximum atomic E-state index is 13.7. The molecule has 2 aromatic rings. The molecule has 0 saturated carbocycles. The fourth-order valence-corrected chi connectivity index (χ4v) is 2.49. The minimum Gasteiger partial charge on any atom is -0.493 e. The molecule has 0 aliphatic carbocycles. The SMILES string of the molecule is CCNC(=NCc1ccccc1F)NCCc1ccc(OC)c(OC)c1. The molecular weight excluding hydrogens is 333 g/mol. The minimum atomic E-state index is -0.238. The molecule has 0 radical (unpaired) electrons. The van der Waals surface area contributed by atoms with Crippen LogP contribution in [0.3, 0.4) is 0 Å². The lowest BCUT2D eigenvalue weighted by Gasteiger charge is -2.13. The van der Waals surface area contributed by atoms with E-state index in [9.17, 15) is 4.39 Å². The van der Waals surface area contributed by atoms with Gasteiger partial charge in [-0.2, -0.15) is 0 Å². The number of aliphatic imine (C=N–C) groups is 1. The van der Waals surface area contributed by atoms with Gasteiger partial charge in [0.15, 0.2) is 17.5 Å². The Morgan fingerprint density at radius 2 is 1.81 bits per heavy atom. The van der Waals surface area contributed by atoms with Crippen LogP contribution in [0.25, 0.3) is 0 Å². The van der Waals surface area contributed by atoms with Gasteiger partial charge >= 0.3 is 0 Å². The molecule has 0 heterocycles. The highest BCUT2D eigenvalue weighted by atomic mass is 19.1. The maximum absolute atomic E-state index is 13.7. The number of halogens is 1. The molecule has 26 heavy (non-hydrogen) atoms. The average Bonchev–Trinajstić information content (AvgIpc) is 2.67. The maximum Gasteiger partial charge on any atom is 0.191 e. The van der Waals surface area contributed by atoms with Crippen molar-refractivity contribution in [3.8, 4) is 11.5 Å². The van der Waals surface area contributed by atoms with Gasteiger partial charge in [0.2, 0.25) is 0 Å². The molecule has 0 aliphatic heterocycles. The summed E-state index contributed by atoms with van der Waals surface area (Å²) in [7, 11) is 3.24. The van der Waals surface area contributed by atoms with Gasteiger partial charge in [-0.1, -0.05) is 24.3 Å². The Kier molecular flexibility index (Phi) is 7.74. The van der Waals surface area contributed by atoms with E-state index in [1.165, 1.54) is 6.07 Å². The molecule has 2 N–H and O–H groups in total. The highest BCUT2D eigenvalue weighted by molar-refractivity contribution is 5.79. The van der Waals surface area contributed by atoms with Gasteiger partial charge in [-0.15, -0.1) is 0 Å². The summed E-state index contributed by atoms with van der Waals surface area (Å²) in [6.07, 6.45) is 0.796. The Labute approximate surface area is 154 Å². The van der Waals surface area contributed by atoms with Crippen LogP contribution >= 0.6 is 0 Å². The number of nitrogens with zero attached hydrogens (tertiary/aromatic N) is 1. The van der Waals surface area contributed by atoms with E-state index in [4.69, 9.17) is 9.47 Å². The van der Waals surface area contributed by atoms with E-state index < -0.39 is 0 Å². The average molecular weight is 359 g/mol. The van der Waals surface area contributed by atoms with Crippen LogP contribution < -0.4 is 20.1 Å². The van der Waals surface area contributed by atoms with Crippen molar-refractivity contribution >= 4 is 5.96 Å². The summed E-state index contributed by atoms with van der Waals surface area (Å²) in [5, 5.41) is 6.44. The summed E-state index contributed by atoms with van der Waals surface area (Å²) < 4.78 is 24.3. The number of benzene rings is 2. The zero-order valence-electron chi connectivity index (χ0n) is 15.5. The highest BCUT2D eigenvalue weighted by Gasteiger charge is 2.05. The summed E-state index contributed by atoms with van der Waals surface area (Å²) in [6.45, 7) is 3.71. The molecule has 0 aromatic heterocycles. The number of nitrogens with one attached hydrogen (secondary N) is 2. The topological polar surface area (TPSA) is 54.9 Å².